The van der Waals surface area contributed by atoms with Gasteiger partial charge in [0.25, 0.3) is 0 Å². The summed E-state index contributed by atoms with van der Waals surface area (Å²) in [5, 5.41) is 0. The van der Waals surface area contributed by atoms with Crippen molar-refractivity contribution >= 4 is 17.9 Å². The highest BCUT2D eigenvalue weighted by Gasteiger charge is 2.19. The monoisotopic (exact) mass is 1080 g/mol. The van der Waals surface area contributed by atoms with E-state index in [1.54, 1.807) is 0 Å². The van der Waals surface area contributed by atoms with Crippen molar-refractivity contribution in [2.24, 2.45) is 0 Å². The van der Waals surface area contributed by atoms with Crippen LogP contribution in [0.2, 0.25) is 0 Å². The second kappa shape index (κ2) is 65.8. The fourth-order valence-electron chi connectivity index (χ4n) is 9.40. The summed E-state index contributed by atoms with van der Waals surface area (Å²) < 4.78 is 16.8. The molecule has 0 aromatic heterocycles. The molecule has 0 heterocycles. The zero-order valence-electron chi connectivity index (χ0n) is 51.4. The smallest absolute Gasteiger partial charge is 0.306 e. The first-order valence-electron chi connectivity index (χ1n) is 33.2. The summed E-state index contributed by atoms with van der Waals surface area (Å²) in [6, 6.07) is 0. The Morgan fingerprint density at radius 1 is 0.269 bits per heavy atom. The number of carbonyl (C=O) groups excluding carboxylic acids is 3. The number of unbranched alkanes of at least 4 members (excludes halogenated alkanes) is 33. The Kier molecular flexibility index (Phi) is 62.7. The van der Waals surface area contributed by atoms with Crippen LogP contribution in [0.1, 0.15) is 323 Å². The van der Waals surface area contributed by atoms with Gasteiger partial charge in [-0.15, -0.1) is 0 Å². The highest BCUT2D eigenvalue weighted by Crippen LogP contribution is 2.17. The number of esters is 3. The molecule has 0 bridgehead atoms. The molecule has 0 aromatic rings. The third kappa shape index (κ3) is 63.2. The predicted octanol–water partition coefficient (Wildman–Crippen LogP) is 22.8. The van der Waals surface area contributed by atoms with E-state index in [4.69, 9.17) is 14.2 Å². The molecule has 0 aliphatic heterocycles. The third-order valence-corrected chi connectivity index (χ3v) is 14.4. The first-order valence-corrected chi connectivity index (χ1v) is 33.2. The summed E-state index contributed by atoms with van der Waals surface area (Å²) in [4.78, 5) is 38.0. The molecule has 0 rings (SSSR count). The van der Waals surface area contributed by atoms with Gasteiger partial charge >= 0.3 is 17.9 Å². The van der Waals surface area contributed by atoms with E-state index in [1.165, 1.54) is 154 Å². The lowest BCUT2D eigenvalue weighted by atomic mass is 10.0. The Morgan fingerprint density at radius 2 is 0.500 bits per heavy atom. The predicted molar refractivity (Wildman–Crippen MR) is 339 cm³/mol. The van der Waals surface area contributed by atoms with Crippen LogP contribution in [-0.2, 0) is 28.6 Å². The molecule has 0 aliphatic carbocycles. The lowest BCUT2D eigenvalue weighted by Gasteiger charge is -2.18. The van der Waals surface area contributed by atoms with E-state index in [-0.39, 0.29) is 31.1 Å². The third-order valence-electron chi connectivity index (χ3n) is 14.4. The number of carbonyl (C=O) groups is 3. The Morgan fingerprint density at radius 3 is 0.782 bits per heavy atom. The van der Waals surface area contributed by atoms with Crippen molar-refractivity contribution in [3.8, 4) is 0 Å². The molecule has 0 aromatic carbocycles. The molecule has 0 fully saturated rings. The average Bonchev–Trinajstić information content (AvgIpc) is 3.44. The molecule has 0 aliphatic rings. The molecule has 0 spiro atoms. The first kappa shape index (κ1) is 74.3. The highest BCUT2D eigenvalue weighted by molar-refractivity contribution is 5.71. The van der Waals surface area contributed by atoms with Gasteiger partial charge in [-0.3, -0.25) is 14.4 Å². The maximum atomic E-state index is 12.8. The molecule has 1 atom stereocenters. The normalized spacial score (nSPS) is 12.7. The quantitative estimate of drug-likeness (QED) is 0.0261. The molecule has 448 valence electrons. The minimum Gasteiger partial charge on any atom is -0.462 e. The fraction of sp³-hybridized carbons (Fsp3) is 0.736. The van der Waals surface area contributed by atoms with Crippen LogP contribution in [0.4, 0.5) is 0 Å². The van der Waals surface area contributed by atoms with E-state index in [0.29, 0.717) is 19.3 Å². The zero-order chi connectivity index (χ0) is 56.4. The van der Waals surface area contributed by atoms with E-state index in [2.05, 4.69) is 118 Å². The highest BCUT2D eigenvalue weighted by atomic mass is 16.6. The Hall–Kier alpha value is -3.67. The van der Waals surface area contributed by atoms with Gasteiger partial charge in [-0.1, -0.05) is 317 Å². The van der Waals surface area contributed by atoms with Gasteiger partial charge in [0.1, 0.15) is 13.2 Å². The summed E-state index contributed by atoms with van der Waals surface area (Å²) in [6.45, 7) is 6.46. The molecule has 0 N–H and O–H groups in total. The van der Waals surface area contributed by atoms with Crippen molar-refractivity contribution in [1.29, 1.82) is 0 Å². The summed E-state index contributed by atoms with van der Waals surface area (Å²) in [6.07, 6.45) is 89.0. The van der Waals surface area contributed by atoms with Crippen molar-refractivity contribution in [3.63, 3.8) is 0 Å². The lowest BCUT2D eigenvalue weighted by Crippen LogP contribution is -2.30. The van der Waals surface area contributed by atoms with Crippen LogP contribution >= 0.6 is 0 Å². The van der Waals surface area contributed by atoms with Crippen LogP contribution in [0.5, 0.6) is 0 Å². The van der Waals surface area contributed by atoms with Crippen LogP contribution in [0.15, 0.2) is 97.2 Å². The van der Waals surface area contributed by atoms with Gasteiger partial charge in [-0.05, 0) is 83.5 Å². The maximum Gasteiger partial charge on any atom is 0.306 e. The lowest BCUT2D eigenvalue weighted by molar-refractivity contribution is -0.167. The fourth-order valence-corrected chi connectivity index (χ4v) is 9.40. The Balaban J connectivity index is 4.06. The minimum atomic E-state index is -0.779. The van der Waals surface area contributed by atoms with Crippen molar-refractivity contribution in [1.82, 2.24) is 0 Å². The van der Waals surface area contributed by atoms with Gasteiger partial charge in [0.15, 0.2) is 6.10 Å². The molecule has 0 amide bonds. The average molecular weight is 1090 g/mol. The number of rotatable bonds is 60. The van der Waals surface area contributed by atoms with Gasteiger partial charge in [0.2, 0.25) is 0 Å². The van der Waals surface area contributed by atoms with Gasteiger partial charge in [0.05, 0.1) is 0 Å². The number of hydrogen-bond acceptors (Lipinski definition) is 6. The zero-order valence-corrected chi connectivity index (χ0v) is 51.4. The molecule has 6 heteroatoms. The van der Waals surface area contributed by atoms with Crippen LogP contribution in [0.3, 0.4) is 0 Å². The van der Waals surface area contributed by atoms with E-state index >= 15 is 0 Å². The van der Waals surface area contributed by atoms with Gasteiger partial charge in [-0.2, -0.15) is 0 Å². The van der Waals surface area contributed by atoms with Crippen molar-refractivity contribution < 1.29 is 28.6 Å². The van der Waals surface area contributed by atoms with Crippen LogP contribution in [-0.4, -0.2) is 37.2 Å². The van der Waals surface area contributed by atoms with Crippen LogP contribution in [0.25, 0.3) is 0 Å². The summed E-state index contributed by atoms with van der Waals surface area (Å²) in [7, 11) is 0. The Labute approximate surface area is 483 Å². The molecule has 78 heavy (non-hydrogen) atoms. The topological polar surface area (TPSA) is 78.9 Å². The molecule has 1 unspecified atom stereocenters. The summed E-state index contributed by atoms with van der Waals surface area (Å²) in [5.41, 5.74) is 0. The Bertz CT molecular complexity index is 1530. The number of ether oxygens (including phenoxy) is 3. The second-order valence-electron chi connectivity index (χ2n) is 22.0. The van der Waals surface area contributed by atoms with Crippen LogP contribution in [0, 0.1) is 0 Å². The SMILES string of the molecule is CC/C=C\C/C=C\C/C=C\C/C=C\C/C=C\C/C=C\C/C=C\C/C=C\CCCCCCCCC(=O)OCC(COC(=O)CCCCCCC)OC(=O)CCCCCCCCCCCCCCCCCCCCCCCCCC. The molecular weight excluding hydrogens is 961 g/mol. The van der Waals surface area contributed by atoms with Crippen molar-refractivity contribution in [3.05, 3.63) is 97.2 Å². The van der Waals surface area contributed by atoms with Gasteiger partial charge in [-0.25, -0.2) is 0 Å². The standard InChI is InChI=1S/C72H124O6/c1-4-7-10-13-15-17-19-21-23-25-27-29-31-33-34-35-36-37-38-39-41-42-44-46-48-50-52-54-56-59-62-65-71(74)77-68-69(67-76-70(73)64-61-58-12-9-6-3)78-72(75)66-63-60-57-55-53-51-49-47-45-43-40-32-30-28-26-24-22-20-18-16-14-11-8-5-2/h7,10,15,17,21,23,27,29,33-34,36-37,39,41,44,46,69H,4-6,8-9,11-14,16,18-20,22,24-26,28,30-32,35,38,40,42-43,45,47-68H2,1-3H3/b10-7-,17-15-,23-21-,29-27-,34-33-,37-36-,41-39-,46-44-. The molecule has 6 nitrogen and oxygen atoms in total. The first-order chi connectivity index (χ1) is 38.5. The number of allylic oxidation sites excluding steroid dienone is 16. The van der Waals surface area contributed by atoms with Crippen molar-refractivity contribution in [2.45, 2.75) is 329 Å². The maximum absolute atomic E-state index is 12.8. The van der Waals surface area contributed by atoms with Gasteiger partial charge in [0, 0.05) is 19.3 Å². The summed E-state index contributed by atoms with van der Waals surface area (Å²) >= 11 is 0. The van der Waals surface area contributed by atoms with Crippen molar-refractivity contribution in [2.75, 3.05) is 13.2 Å². The summed E-state index contributed by atoms with van der Waals surface area (Å²) in [5.74, 6) is -0.897. The molecule has 0 saturated carbocycles. The van der Waals surface area contributed by atoms with E-state index in [0.717, 1.165) is 128 Å². The van der Waals surface area contributed by atoms with E-state index < -0.39 is 6.10 Å². The molecule has 0 saturated heterocycles. The van der Waals surface area contributed by atoms with E-state index in [9.17, 15) is 14.4 Å². The minimum absolute atomic E-state index is 0.0801. The molecular formula is C72H124O6. The van der Waals surface area contributed by atoms with E-state index in [1.807, 2.05) is 0 Å². The molecule has 0 radical (unpaired) electrons. The largest absolute Gasteiger partial charge is 0.462 e. The second-order valence-corrected chi connectivity index (χ2v) is 22.0. The van der Waals surface area contributed by atoms with Gasteiger partial charge < -0.3 is 14.2 Å². The number of hydrogen-bond donors (Lipinski definition) is 0. The van der Waals surface area contributed by atoms with Crippen LogP contribution < -0.4 is 0 Å².